The number of fused-ring (bicyclic) bond motifs is 1. The maximum absolute atomic E-state index is 5.93. The molecule has 0 aliphatic carbocycles. The Morgan fingerprint density at radius 3 is 3.11 bits per heavy atom. The van der Waals surface area contributed by atoms with E-state index in [2.05, 4.69) is 10.1 Å². The highest BCUT2D eigenvalue weighted by atomic mass is 16.5. The van der Waals surface area contributed by atoms with Gasteiger partial charge in [-0.25, -0.2) is 4.98 Å². The molecule has 3 aromatic rings. The zero-order valence-corrected chi connectivity index (χ0v) is 9.83. The SMILES string of the molecule is Cn1cc2cc(N)c(OCc3cnco3)cc2n1. The van der Waals surface area contributed by atoms with Gasteiger partial charge in [0.25, 0.3) is 0 Å². The van der Waals surface area contributed by atoms with E-state index in [-0.39, 0.29) is 0 Å². The van der Waals surface area contributed by atoms with Gasteiger partial charge in [0.2, 0.25) is 0 Å². The van der Waals surface area contributed by atoms with Crippen molar-refractivity contribution in [1.29, 1.82) is 0 Å². The Morgan fingerprint density at radius 2 is 2.33 bits per heavy atom. The number of nitrogens with two attached hydrogens (primary N) is 1. The lowest BCUT2D eigenvalue weighted by molar-refractivity contribution is 0.272. The first-order valence-corrected chi connectivity index (χ1v) is 5.45. The van der Waals surface area contributed by atoms with Crippen LogP contribution in [0.5, 0.6) is 5.75 Å². The quantitative estimate of drug-likeness (QED) is 0.710. The van der Waals surface area contributed by atoms with E-state index in [0.717, 1.165) is 10.9 Å². The van der Waals surface area contributed by atoms with Crippen LogP contribution in [0.3, 0.4) is 0 Å². The largest absolute Gasteiger partial charge is 0.483 e. The van der Waals surface area contributed by atoms with Crippen molar-refractivity contribution in [3.8, 4) is 5.75 Å². The van der Waals surface area contributed by atoms with E-state index in [1.165, 1.54) is 6.39 Å². The van der Waals surface area contributed by atoms with Crippen molar-refractivity contribution < 1.29 is 9.15 Å². The summed E-state index contributed by atoms with van der Waals surface area (Å²) in [4.78, 5) is 3.82. The van der Waals surface area contributed by atoms with Crippen LogP contribution in [-0.4, -0.2) is 14.8 Å². The van der Waals surface area contributed by atoms with Crippen LogP contribution < -0.4 is 10.5 Å². The number of benzene rings is 1. The van der Waals surface area contributed by atoms with Crippen LogP contribution in [0.2, 0.25) is 0 Å². The van der Waals surface area contributed by atoms with Crippen LogP contribution in [-0.2, 0) is 13.7 Å². The normalized spacial score (nSPS) is 10.9. The van der Waals surface area contributed by atoms with Gasteiger partial charge in [-0.3, -0.25) is 4.68 Å². The van der Waals surface area contributed by atoms with E-state index < -0.39 is 0 Å². The summed E-state index contributed by atoms with van der Waals surface area (Å²) in [5.41, 5.74) is 7.35. The van der Waals surface area contributed by atoms with Crippen molar-refractivity contribution in [2.24, 2.45) is 7.05 Å². The zero-order chi connectivity index (χ0) is 12.5. The third-order valence-corrected chi connectivity index (χ3v) is 2.60. The third-order valence-electron chi connectivity index (χ3n) is 2.60. The molecular weight excluding hydrogens is 232 g/mol. The number of aromatic nitrogens is 3. The molecule has 0 saturated heterocycles. The second kappa shape index (κ2) is 4.06. The highest BCUT2D eigenvalue weighted by molar-refractivity contribution is 5.84. The van der Waals surface area contributed by atoms with Crippen molar-refractivity contribution in [3.63, 3.8) is 0 Å². The number of anilines is 1. The number of aryl methyl sites for hydroxylation is 1. The first kappa shape index (κ1) is 10.6. The Bertz CT molecular complexity index is 673. The van der Waals surface area contributed by atoms with E-state index >= 15 is 0 Å². The minimum atomic E-state index is 0.294. The summed E-state index contributed by atoms with van der Waals surface area (Å²) in [6, 6.07) is 3.67. The molecule has 0 spiro atoms. The molecule has 0 unspecified atom stereocenters. The third kappa shape index (κ3) is 1.88. The fourth-order valence-electron chi connectivity index (χ4n) is 1.78. The van der Waals surface area contributed by atoms with Gasteiger partial charge < -0.3 is 14.9 Å². The predicted octanol–water partition coefficient (Wildman–Crippen LogP) is 1.72. The molecule has 0 aliphatic rings. The van der Waals surface area contributed by atoms with Crippen LogP contribution >= 0.6 is 0 Å². The molecule has 0 fully saturated rings. The van der Waals surface area contributed by atoms with E-state index in [1.54, 1.807) is 10.9 Å². The highest BCUT2D eigenvalue weighted by Crippen LogP contribution is 2.27. The highest BCUT2D eigenvalue weighted by Gasteiger charge is 2.07. The Hall–Kier alpha value is -2.50. The predicted molar refractivity (Wildman–Crippen MR) is 66.0 cm³/mol. The molecule has 92 valence electrons. The van der Waals surface area contributed by atoms with E-state index in [9.17, 15) is 0 Å². The van der Waals surface area contributed by atoms with Gasteiger partial charge >= 0.3 is 0 Å². The van der Waals surface area contributed by atoms with Crippen LogP contribution in [0.1, 0.15) is 5.76 Å². The Morgan fingerprint density at radius 1 is 1.44 bits per heavy atom. The number of oxazole rings is 1. The molecule has 6 heteroatoms. The summed E-state index contributed by atoms with van der Waals surface area (Å²) >= 11 is 0. The number of hydrogen-bond acceptors (Lipinski definition) is 5. The van der Waals surface area contributed by atoms with Crippen molar-refractivity contribution in [2.45, 2.75) is 6.61 Å². The summed E-state index contributed by atoms with van der Waals surface area (Å²) in [7, 11) is 1.87. The fraction of sp³-hybridized carbons (Fsp3) is 0.167. The van der Waals surface area contributed by atoms with Crippen LogP contribution in [0, 0.1) is 0 Å². The van der Waals surface area contributed by atoms with Crippen LogP contribution in [0.15, 0.2) is 35.3 Å². The van der Waals surface area contributed by atoms with Gasteiger partial charge in [0.1, 0.15) is 12.4 Å². The number of nitrogens with zero attached hydrogens (tertiary/aromatic N) is 3. The lowest BCUT2D eigenvalue weighted by atomic mass is 10.2. The standard InChI is InChI=1S/C12H12N4O2/c1-16-5-8-2-10(13)12(3-11(8)15-16)17-6-9-4-14-7-18-9/h2-5,7H,6,13H2,1H3. The number of ether oxygens (including phenoxy) is 1. The molecule has 0 saturated carbocycles. The number of hydrogen-bond donors (Lipinski definition) is 1. The van der Waals surface area contributed by atoms with Crippen molar-refractivity contribution in [2.75, 3.05) is 5.73 Å². The van der Waals surface area contributed by atoms with Gasteiger partial charge in [0, 0.05) is 24.7 Å². The van der Waals surface area contributed by atoms with Gasteiger partial charge in [0.05, 0.1) is 17.4 Å². The average molecular weight is 244 g/mol. The fourth-order valence-corrected chi connectivity index (χ4v) is 1.78. The summed E-state index contributed by atoms with van der Waals surface area (Å²) in [6.07, 6.45) is 4.88. The Labute approximate surface area is 103 Å². The first-order valence-electron chi connectivity index (χ1n) is 5.45. The molecule has 0 aliphatic heterocycles. The molecule has 2 N–H and O–H groups in total. The van der Waals surface area contributed by atoms with Gasteiger partial charge in [-0.05, 0) is 6.07 Å². The minimum Gasteiger partial charge on any atom is -0.483 e. The summed E-state index contributed by atoms with van der Waals surface area (Å²) in [6.45, 7) is 0.294. The van der Waals surface area contributed by atoms with Crippen LogP contribution in [0.4, 0.5) is 5.69 Å². The molecule has 0 amide bonds. The van der Waals surface area contributed by atoms with Crippen LogP contribution in [0.25, 0.3) is 10.9 Å². The number of nitrogen functional groups attached to an aromatic ring is 1. The molecule has 3 rings (SSSR count). The van der Waals surface area contributed by atoms with Crippen molar-refractivity contribution >= 4 is 16.6 Å². The van der Waals surface area contributed by atoms with Gasteiger partial charge in [-0.1, -0.05) is 0 Å². The second-order valence-corrected chi connectivity index (χ2v) is 4.01. The summed E-state index contributed by atoms with van der Waals surface area (Å²) in [5.74, 6) is 1.24. The maximum atomic E-state index is 5.93. The lowest BCUT2D eigenvalue weighted by Gasteiger charge is -2.06. The van der Waals surface area contributed by atoms with Crippen molar-refractivity contribution in [1.82, 2.24) is 14.8 Å². The second-order valence-electron chi connectivity index (χ2n) is 4.01. The zero-order valence-electron chi connectivity index (χ0n) is 9.83. The molecule has 6 nitrogen and oxygen atoms in total. The molecule has 2 heterocycles. The Balaban J connectivity index is 1.88. The molecule has 18 heavy (non-hydrogen) atoms. The van der Waals surface area contributed by atoms with Gasteiger partial charge in [-0.2, -0.15) is 5.10 Å². The first-order chi connectivity index (χ1) is 8.72. The van der Waals surface area contributed by atoms with Gasteiger partial charge in [0.15, 0.2) is 12.2 Å². The van der Waals surface area contributed by atoms with E-state index in [4.69, 9.17) is 14.9 Å². The van der Waals surface area contributed by atoms with Gasteiger partial charge in [-0.15, -0.1) is 0 Å². The molecule has 0 atom stereocenters. The number of rotatable bonds is 3. The maximum Gasteiger partial charge on any atom is 0.181 e. The molecule has 2 aromatic heterocycles. The molecule has 0 radical (unpaired) electrons. The summed E-state index contributed by atoms with van der Waals surface area (Å²) in [5, 5.41) is 5.29. The molecule has 0 bridgehead atoms. The Kier molecular flexibility index (Phi) is 2.40. The average Bonchev–Trinajstić information content (AvgIpc) is 2.94. The minimum absolute atomic E-state index is 0.294. The monoisotopic (exact) mass is 244 g/mol. The van der Waals surface area contributed by atoms with E-state index in [1.807, 2.05) is 25.4 Å². The molecular formula is C12H12N4O2. The van der Waals surface area contributed by atoms with E-state index in [0.29, 0.717) is 23.8 Å². The molecule has 1 aromatic carbocycles. The summed E-state index contributed by atoms with van der Waals surface area (Å²) < 4.78 is 12.4. The van der Waals surface area contributed by atoms with Crippen molar-refractivity contribution in [3.05, 3.63) is 36.7 Å². The topological polar surface area (TPSA) is 79.1 Å². The smallest absolute Gasteiger partial charge is 0.181 e. The lowest BCUT2D eigenvalue weighted by Crippen LogP contribution is -1.97.